The lowest BCUT2D eigenvalue weighted by Gasteiger charge is -2.33. The first-order chi connectivity index (χ1) is 13.0. The smallest absolute Gasteiger partial charge is 0.255 e. The van der Waals surface area contributed by atoms with Crippen LogP contribution in [0.3, 0.4) is 0 Å². The molecule has 4 rings (SSSR count). The van der Waals surface area contributed by atoms with Crippen molar-refractivity contribution in [3.05, 3.63) is 52.3 Å². The maximum absolute atomic E-state index is 13.1. The monoisotopic (exact) mass is 388 g/mol. The third-order valence-electron chi connectivity index (χ3n) is 5.59. The Kier molecular flexibility index (Phi) is 5.26. The third-order valence-corrected chi connectivity index (χ3v) is 5.82. The van der Waals surface area contributed by atoms with E-state index >= 15 is 0 Å². The molecule has 6 heteroatoms. The molecule has 0 unspecified atom stereocenters. The van der Waals surface area contributed by atoms with Crippen molar-refractivity contribution in [3.8, 4) is 5.69 Å². The van der Waals surface area contributed by atoms with Crippen molar-refractivity contribution in [3.63, 3.8) is 0 Å². The first kappa shape index (κ1) is 18.5. The Hall–Kier alpha value is -1.82. The number of halogens is 1. The SMILES string of the molecule is Cc1cc(C(=O)N2CCC(C3OCCO3)CC2)c(C)n1-c1cccc(Cl)c1. The Bertz CT molecular complexity index is 834. The van der Waals surface area contributed by atoms with Crippen molar-refractivity contribution in [2.45, 2.75) is 33.0 Å². The third kappa shape index (κ3) is 3.64. The van der Waals surface area contributed by atoms with E-state index in [2.05, 4.69) is 4.57 Å². The summed E-state index contributed by atoms with van der Waals surface area (Å²) >= 11 is 6.15. The number of aryl methyl sites for hydroxylation is 1. The van der Waals surface area contributed by atoms with Gasteiger partial charge >= 0.3 is 0 Å². The highest BCUT2D eigenvalue weighted by molar-refractivity contribution is 6.30. The maximum atomic E-state index is 13.1. The number of hydrogen-bond acceptors (Lipinski definition) is 3. The summed E-state index contributed by atoms with van der Waals surface area (Å²) in [5.74, 6) is 0.485. The van der Waals surface area contributed by atoms with E-state index < -0.39 is 0 Å². The van der Waals surface area contributed by atoms with Gasteiger partial charge in [-0.2, -0.15) is 0 Å². The molecule has 0 saturated carbocycles. The van der Waals surface area contributed by atoms with E-state index in [4.69, 9.17) is 21.1 Å². The molecule has 2 aliphatic heterocycles. The Labute approximate surface area is 164 Å². The normalized spacial score (nSPS) is 19.0. The van der Waals surface area contributed by atoms with Crippen LogP contribution in [0.4, 0.5) is 0 Å². The lowest BCUT2D eigenvalue weighted by Crippen LogP contribution is -2.41. The van der Waals surface area contributed by atoms with Crippen LogP contribution < -0.4 is 0 Å². The summed E-state index contributed by atoms with van der Waals surface area (Å²) in [5, 5.41) is 0.686. The Morgan fingerprint density at radius 2 is 1.81 bits per heavy atom. The molecule has 1 aromatic heterocycles. The van der Waals surface area contributed by atoms with Crippen LogP contribution >= 0.6 is 11.6 Å². The van der Waals surface area contributed by atoms with E-state index in [-0.39, 0.29) is 12.2 Å². The number of ether oxygens (including phenoxy) is 2. The van der Waals surface area contributed by atoms with Gasteiger partial charge in [-0.05, 0) is 51.0 Å². The average Bonchev–Trinajstić information content (AvgIpc) is 3.30. The van der Waals surface area contributed by atoms with Gasteiger partial charge in [-0.25, -0.2) is 0 Å². The predicted molar refractivity (Wildman–Crippen MR) is 105 cm³/mol. The molecule has 5 nitrogen and oxygen atoms in total. The van der Waals surface area contributed by atoms with Gasteiger partial charge in [0, 0.05) is 41.1 Å². The molecule has 2 saturated heterocycles. The number of piperidine rings is 1. The molecule has 1 aromatic carbocycles. The molecule has 1 amide bonds. The zero-order valence-electron chi connectivity index (χ0n) is 15.8. The molecule has 0 N–H and O–H groups in total. The highest BCUT2D eigenvalue weighted by atomic mass is 35.5. The van der Waals surface area contributed by atoms with E-state index in [1.165, 1.54) is 0 Å². The second-order valence-electron chi connectivity index (χ2n) is 7.34. The molecule has 2 fully saturated rings. The first-order valence-electron chi connectivity index (χ1n) is 9.52. The molecule has 2 aliphatic rings. The van der Waals surface area contributed by atoms with Crippen molar-refractivity contribution >= 4 is 17.5 Å². The van der Waals surface area contributed by atoms with Crippen LogP contribution in [-0.4, -0.2) is 48.0 Å². The molecular formula is C21H25ClN2O3. The van der Waals surface area contributed by atoms with Gasteiger partial charge in [-0.3, -0.25) is 4.79 Å². The van der Waals surface area contributed by atoms with Gasteiger partial charge in [0.2, 0.25) is 0 Å². The van der Waals surface area contributed by atoms with Crippen LogP contribution in [0.15, 0.2) is 30.3 Å². The summed E-state index contributed by atoms with van der Waals surface area (Å²) < 4.78 is 13.3. The Balaban J connectivity index is 1.50. The van der Waals surface area contributed by atoms with Gasteiger partial charge in [0.1, 0.15) is 0 Å². The molecule has 0 atom stereocenters. The van der Waals surface area contributed by atoms with Gasteiger partial charge in [-0.15, -0.1) is 0 Å². The Morgan fingerprint density at radius 3 is 2.48 bits per heavy atom. The van der Waals surface area contributed by atoms with E-state index in [1.807, 2.05) is 49.1 Å². The molecule has 144 valence electrons. The largest absolute Gasteiger partial charge is 0.350 e. The molecule has 0 bridgehead atoms. The van der Waals surface area contributed by atoms with Crippen LogP contribution in [0.5, 0.6) is 0 Å². The minimum Gasteiger partial charge on any atom is -0.350 e. The molecule has 0 aliphatic carbocycles. The molecule has 2 aromatic rings. The van der Waals surface area contributed by atoms with Gasteiger partial charge in [-0.1, -0.05) is 17.7 Å². The number of carbonyl (C=O) groups excluding carboxylic acids is 1. The van der Waals surface area contributed by atoms with Gasteiger partial charge in [0.05, 0.1) is 18.8 Å². The minimum absolute atomic E-state index is 0.0878. The van der Waals surface area contributed by atoms with Crippen LogP contribution in [0.1, 0.15) is 34.6 Å². The van der Waals surface area contributed by atoms with E-state index in [9.17, 15) is 4.79 Å². The number of carbonyl (C=O) groups is 1. The number of aromatic nitrogens is 1. The highest BCUT2D eigenvalue weighted by Gasteiger charge is 2.32. The molecule has 0 spiro atoms. The molecule has 0 radical (unpaired) electrons. The van der Waals surface area contributed by atoms with E-state index in [0.29, 0.717) is 24.2 Å². The first-order valence-corrected chi connectivity index (χ1v) is 9.90. The van der Waals surface area contributed by atoms with Gasteiger partial charge in [0.25, 0.3) is 5.91 Å². The summed E-state index contributed by atoms with van der Waals surface area (Å²) in [7, 11) is 0. The predicted octanol–water partition coefficient (Wildman–Crippen LogP) is 3.97. The summed E-state index contributed by atoms with van der Waals surface area (Å²) in [6.07, 6.45) is 1.75. The van der Waals surface area contributed by atoms with Crippen LogP contribution in [0.25, 0.3) is 5.69 Å². The number of likely N-dealkylation sites (tertiary alicyclic amines) is 1. The van der Waals surface area contributed by atoms with Crippen molar-refractivity contribution in [2.75, 3.05) is 26.3 Å². The Morgan fingerprint density at radius 1 is 1.11 bits per heavy atom. The number of hydrogen-bond donors (Lipinski definition) is 0. The standard InChI is InChI=1S/C21H25ClN2O3/c1-14-12-19(15(2)24(14)18-5-3-4-17(22)13-18)20(25)23-8-6-16(7-9-23)21-26-10-11-27-21/h3-5,12-13,16,21H,6-11H2,1-2H3. The highest BCUT2D eigenvalue weighted by Crippen LogP contribution is 2.28. The zero-order chi connectivity index (χ0) is 19.0. The van der Waals surface area contributed by atoms with Crippen molar-refractivity contribution in [2.24, 2.45) is 5.92 Å². The van der Waals surface area contributed by atoms with E-state index in [0.717, 1.165) is 48.6 Å². The number of amides is 1. The van der Waals surface area contributed by atoms with Crippen molar-refractivity contribution < 1.29 is 14.3 Å². The average molecular weight is 389 g/mol. The number of benzene rings is 1. The molecule has 3 heterocycles. The summed E-state index contributed by atoms with van der Waals surface area (Å²) in [6.45, 7) is 6.86. The van der Waals surface area contributed by atoms with Crippen LogP contribution in [-0.2, 0) is 9.47 Å². The van der Waals surface area contributed by atoms with Crippen LogP contribution in [0, 0.1) is 19.8 Å². The topological polar surface area (TPSA) is 43.7 Å². The zero-order valence-corrected chi connectivity index (χ0v) is 16.5. The fraction of sp³-hybridized carbons (Fsp3) is 0.476. The molecule has 27 heavy (non-hydrogen) atoms. The fourth-order valence-corrected chi connectivity index (χ4v) is 4.37. The molecular weight excluding hydrogens is 364 g/mol. The minimum atomic E-state index is -0.0878. The second kappa shape index (κ2) is 7.66. The van der Waals surface area contributed by atoms with Gasteiger partial charge in [0.15, 0.2) is 6.29 Å². The van der Waals surface area contributed by atoms with Crippen molar-refractivity contribution in [1.82, 2.24) is 9.47 Å². The fourth-order valence-electron chi connectivity index (χ4n) is 4.19. The second-order valence-corrected chi connectivity index (χ2v) is 7.78. The summed E-state index contributed by atoms with van der Waals surface area (Å²) in [5.41, 5.74) is 3.72. The lowest BCUT2D eigenvalue weighted by atomic mass is 9.95. The van der Waals surface area contributed by atoms with Crippen molar-refractivity contribution in [1.29, 1.82) is 0 Å². The maximum Gasteiger partial charge on any atom is 0.255 e. The van der Waals surface area contributed by atoms with Crippen LogP contribution in [0.2, 0.25) is 5.02 Å². The quantitative estimate of drug-likeness (QED) is 0.799. The van der Waals surface area contributed by atoms with Gasteiger partial charge < -0.3 is 18.9 Å². The lowest BCUT2D eigenvalue weighted by molar-refractivity contribution is -0.0956. The summed E-state index contributed by atoms with van der Waals surface area (Å²) in [6, 6.07) is 9.69. The van der Waals surface area contributed by atoms with E-state index in [1.54, 1.807) is 0 Å². The summed E-state index contributed by atoms with van der Waals surface area (Å²) in [4.78, 5) is 15.1. The number of nitrogens with zero attached hydrogens (tertiary/aromatic N) is 2. The number of rotatable bonds is 3.